The number of fused-ring (bicyclic) bond motifs is 1. The third kappa shape index (κ3) is 6.43. The number of aromatic nitrogens is 2. The number of hydrogen-bond acceptors (Lipinski definition) is 7. The molecule has 41 heavy (non-hydrogen) atoms. The number of nitrogens with one attached hydrogen (secondary N) is 1. The van der Waals surface area contributed by atoms with E-state index in [2.05, 4.69) is 86.1 Å². The smallest absolute Gasteiger partial charge is 0.115 e. The summed E-state index contributed by atoms with van der Waals surface area (Å²) < 4.78 is 0. The van der Waals surface area contributed by atoms with Gasteiger partial charge >= 0.3 is 0 Å². The fourth-order valence-corrected chi connectivity index (χ4v) is 7.29. The van der Waals surface area contributed by atoms with Crippen LogP contribution in [0.4, 0.5) is 0 Å². The zero-order valence-electron chi connectivity index (χ0n) is 26.0. The topological polar surface area (TPSA) is 67.8 Å². The molecule has 7 nitrogen and oxygen atoms in total. The molecule has 7 heteroatoms. The van der Waals surface area contributed by atoms with Crippen molar-refractivity contribution in [3.05, 3.63) is 65.0 Å². The monoisotopic (exact) mass is 558 g/mol. The molecule has 2 aliphatic rings. The molecule has 0 saturated carbocycles. The van der Waals surface area contributed by atoms with E-state index in [9.17, 15) is 5.11 Å². The Kier molecular flexibility index (Phi) is 9.29. The number of aromatic hydroxyl groups is 1. The van der Waals surface area contributed by atoms with Gasteiger partial charge in [0.05, 0.1) is 28.5 Å². The van der Waals surface area contributed by atoms with Crippen molar-refractivity contribution in [2.45, 2.75) is 90.0 Å². The van der Waals surface area contributed by atoms with Crippen LogP contribution in [-0.4, -0.2) is 82.1 Å². The fourth-order valence-electron chi connectivity index (χ4n) is 7.29. The van der Waals surface area contributed by atoms with Gasteiger partial charge in [-0.3, -0.25) is 14.7 Å². The Bertz CT molecular complexity index is 1310. The molecule has 1 aromatic heterocycles. The SMILES string of the molecule is CCC[C@@H](c1nc2ccc(CN3CCC(c4cccc(O)c4)(N(C)C)CC3)cc2nc1CC)N1C[C@@H](C)N[C@@H](C)C1. The van der Waals surface area contributed by atoms with Crippen molar-refractivity contribution in [1.82, 2.24) is 30.0 Å². The molecule has 222 valence electrons. The van der Waals surface area contributed by atoms with Crippen LogP contribution >= 0.6 is 0 Å². The minimum Gasteiger partial charge on any atom is -0.508 e. The molecule has 2 N–H and O–H groups in total. The number of phenols is 1. The molecule has 0 spiro atoms. The maximum atomic E-state index is 10.1. The molecule has 3 atom stereocenters. The highest BCUT2D eigenvalue weighted by Crippen LogP contribution is 2.39. The van der Waals surface area contributed by atoms with Crippen LogP contribution < -0.4 is 5.32 Å². The van der Waals surface area contributed by atoms with Gasteiger partial charge in [-0.1, -0.05) is 38.5 Å². The first kappa shape index (κ1) is 29.9. The number of piperidine rings is 1. The Morgan fingerprint density at radius 3 is 2.37 bits per heavy atom. The van der Waals surface area contributed by atoms with Crippen LogP contribution in [0.1, 0.15) is 81.9 Å². The van der Waals surface area contributed by atoms with Crippen LogP contribution in [0.5, 0.6) is 5.75 Å². The van der Waals surface area contributed by atoms with Gasteiger partial charge in [-0.15, -0.1) is 0 Å². The van der Waals surface area contributed by atoms with Crippen LogP contribution in [-0.2, 0) is 18.5 Å². The molecule has 2 aromatic carbocycles. The molecule has 2 saturated heterocycles. The van der Waals surface area contributed by atoms with Gasteiger partial charge in [-0.25, -0.2) is 9.97 Å². The van der Waals surface area contributed by atoms with Crippen LogP contribution in [0.2, 0.25) is 0 Å². The number of aryl methyl sites for hydroxylation is 1. The summed E-state index contributed by atoms with van der Waals surface area (Å²) in [5.41, 5.74) is 6.80. The van der Waals surface area contributed by atoms with Gasteiger partial charge in [0.2, 0.25) is 0 Å². The average Bonchev–Trinajstić information content (AvgIpc) is 2.95. The van der Waals surface area contributed by atoms with Gasteiger partial charge in [0, 0.05) is 50.3 Å². The minimum absolute atomic E-state index is 0.0500. The lowest BCUT2D eigenvalue weighted by Crippen LogP contribution is -2.55. The lowest BCUT2D eigenvalue weighted by molar-refractivity contribution is 0.0506. The van der Waals surface area contributed by atoms with Crippen molar-refractivity contribution in [2.75, 3.05) is 40.3 Å². The summed E-state index contributed by atoms with van der Waals surface area (Å²) >= 11 is 0. The number of likely N-dealkylation sites (tertiary alicyclic amines) is 1. The molecular weight excluding hydrogens is 508 g/mol. The second-order valence-corrected chi connectivity index (χ2v) is 12.7. The number of hydrogen-bond donors (Lipinski definition) is 2. The van der Waals surface area contributed by atoms with Crippen molar-refractivity contribution >= 4 is 11.0 Å². The number of benzene rings is 2. The van der Waals surface area contributed by atoms with E-state index in [1.54, 1.807) is 6.07 Å². The fraction of sp³-hybridized carbons (Fsp3) is 0.588. The average molecular weight is 559 g/mol. The molecule has 0 amide bonds. The quantitative estimate of drug-likeness (QED) is 0.361. The van der Waals surface area contributed by atoms with Gasteiger partial charge in [-0.05, 0) is 89.0 Å². The van der Waals surface area contributed by atoms with Crippen molar-refractivity contribution in [1.29, 1.82) is 0 Å². The zero-order chi connectivity index (χ0) is 29.1. The Morgan fingerprint density at radius 1 is 1.00 bits per heavy atom. The molecule has 3 aromatic rings. The summed E-state index contributed by atoms with van der Waals surface area (Å²) in [5.74, 6) is 0.344. The molecule has 0 bridgehead atoms. The van der Waals surface area contributed by atoms with E-state index in [-0.39, 0.29) is 5.54 Å². The Balaban J connectivity index is 1.34. The van der Waals surface area contributed by atoms with Crippen LogP contribution in [0.25, 0.3) is 11.0 Å². The van der Waals surface area contributed by atoms with E-state index in [0.717, 1.165) is 81.6 Å². The first-order valence-electron chi connectivity index (χ1n) is 15.7. The highest BCUT2D eigenvalue weighted by atomic mass is 16.3. The molecule has 2 aliphatic heterocycles. The van der Waals surface area contributed by atoms with E-state index in [1.165, 1.54) is 16.8 Å². The van der Waals surface area contributed by atoms with Gasteiger partial charge < -0.3 is 10.4 Å². The summed E-state index contributed by atoms with van der Waals surface area (Å²) in [6, 6.07) is 15.8. The largest absolute Gasteiger partial charge is 0.508 e. The highest BCUT2D eigenvalue weighted by molar-refractivity contribution is 5.75. The molecular formula is C34H50N6O. The lowest BCUT2D eigenvalue weighted by atomic mass is 9.79. The molecule has 0 radical (unpaired) electrons. The van der Waals surface area contributed by atoms with Gasteiger partial charge in [-0.2, -0.15) is 0 Å². The van der Waals surface area contributed by atoms with Crippen molar-refractivity contribution in [3.8, 4) is 5.75 Å². The van der Waals surface area contributed by atoms with Gasteiger partial charge in [0.1, 0.15) is 5.75 Å². The highest BCUT2D eigenvalue weighted by Gasteiger charge is 2.38. The first-order chi connectivity index (χ1) is 19.7. The zero-order valence-corrected chi connectivity index (χ0v) is 26.0. The first-order valence-corrected chi connectivity index (χ1v) is 15.7. The van der Waals surface area contributed by atoms with E-state index >= 15 is 0 Å². The predicted octanol–water partition coefficient (Wildman–Crippen LogP) is 5.47. The number of rotatable bonds is 9. The third-order valence-corrected chi connectivity index (χ3v) is 9.40. The van der Waals surface area contributed by atoms with Crippen molar-refractivity contribution in [2.24, 2.45) is 0 Å². The number of piperazine rings is 1. The maximum Gasteiger partial charge on any atom is 0.115 e. The molecule has 0 unspecified atom stereocenters. The molecule has 2 fully saturated rings. The summed E-state index contributed by atoms with van der Waals surface area (Å²) in [5, 5.41) is 13.8. The summed E-state index contributed by atoms with van der Waals surface area (Å²) in [6.45, 7) is 14.1. The third-order valence-electron chi connectivity index (χ3n) is 9.40. The Labute approximate surface area is 247 Å². The van der Waals surface area contributed by atoms with Gasteiger partial charge in [0.25, 0.3) is 0 Å². The second kappa shape index (κ2) is 12.7. The lowest BCUT2D eigenvalue weighted by Gasteiger charge is -2.46. The van der Waals surface area contributed by atoms with Gasteiger partial charge in [0.15, 0.2) is 0 Å². The Hall–Kier alpha value is -2.58. The molecule has 5 rings (SSSR count). The van der Waals surface area contributed by atoms with Crippen LogP contribution in [0, 0.1) is 0 Å². The second-order valence-electron chi connectivity index (χ2n) is 12.7. The molecule has 3 heterocycles. The van der Waals surface area contributed by atoms with E-state index < -0.39 is 0 Å². The van der Waals surface area contributed by atoms with E-state index in [0.29, 0.717) is 23.9 Å². The van der Waals surface area contributed by atoms with E-state index in [4.69, 9.17) is 9.97 Å². The molecule has 0 aliphatic carbocycles. The summed E-state index contributed by atoms with van der Waals surface area (Å²) in [4.78, 5) is 18.0. The van der Waals surface area contributed by atoms with Crippen LogP contribution in [0.3, 0.4) is 0 Å². The normalized spacial score (nSPS) is 22.8. The summed E-state index contributed by atoms with van der Waals surface area (Å²) in [6.07, 6.45) is 5.20. The standard InChI is InChI=1S/C34H50N6O/c1-7-10-32(40-21-24(3)35-25(4)22-40)33-29(8-2)36-31-19-26(13-14-30(31)37-33)23-39-17-15-34(16-18-39,38(5)6)27-11-9-12-28(41)20-27/h9,11-14,19-20,24-25,32,35,41H,7-8,10,15-18,21-23H2,1-6H3/t24-,25+,32-/m0/s1. The van der Waals surface area contributed by atoms with E-state index in [1.807, 2.05) is 12.1 Å². The Morgan fingerprint density at radius 2 is 1.73 bits per heavy atom. The summed E-state index contributed by atoms with van der Waals surface area (Å²) in [7, 11) is 4.32. The maximum absolute atomic E-state index is 10.1. The number of phenolic OH excluding ortho intramolecular Hbond substituents is 1. The van der Waals surface area contributed by atoms with Crippen molar-refractivity contribution < 1.29 is 5.11 Å². The minimum atomic E-state index is -0.0500. The van der Waals surface area contributed by atoms with Crippen molar-refractivity contribution in [3.63, 3.8) is 0 Å². The van der Waals surface area contributed by atoms with Crippen LogP contribution in [0.15, 0.2) is 42.5 Å². The number of nitrogens with zero attached hydrogens (tertiary/aromatic N) is 5. The predicted molar refractivity (Wildman–Crippen MR) is 168 cm³/mol.